The Morgan fingerprint density at radius 2 is 2.06 bits per heavy atom. The first kappa shape index (κ1) is 24.0. The second-order valence-corrected chi connectivity index (χ2v) is 7.57. The standard InChI is InChI=1S/C22H29N3O6S/c1-3-29-10-4-7-25-21(27)17(23-22(25)32)13-16-5-6-18(19(14-16)28-2)31-15-20(26)24-8-11-30-12-9-24/h5-6,13-14H,3-4,7-12,15H2,1-2H3,(H,23,32)/b17-13+. The van der Waals surface area contributed by atoms with Gasteiger partial charge in [0.1, 0.15) is 5.70 Å². The first-order valence-corrected chi connectivity index (χ1v) is 11.0. The maximum atomic E-state index is 12.7. The van der Waals surface area contributed by atoms with Gasteiger partial charge in [-0.3, -0.25) is 14.5 Å². The van der Waals surface area contributed by atoms with Gasteiger partial charge < -0.3 is 29.2 Å². The molecule has 1 N–H and O–H groups in total. The highest BCUT2D eigenvalue weighted by atomic mass is 32.1. The van der Waals surface area contributed by atoms with Crippen molar-refractivity contribution in [2.45, 2.75) is 13.3 Å². The molecule has 0 radical (unpaired) electrons. The van der Waals surface area contributed by atoms with Crippen LogP contribution in [-0.4, -0.2) is 86.5 Å². The molecule has 2 amide bonds. The van der Waals surface area contributed by atoms with E-state index in [1.165, 1.54) is 12.0 Å². The molecule has 2 fully saturated rings. The topological polar surface area (TPSA) is 89.6 Å². The van der Waals surface area contributed by atoms with Crippen LogP contribution in [0.2, 0.25) is 0 Å². The number of carbonyl (C=O) groups is 2. The van der Waals surface area contributed by atoms with Crippen molar-refractivity contribution in [2.75, 3.05) is 59.8 Å². The molecular weight excluding hydrogens is 434 g/mol. The van der Waals surface area contributed by atoms with Gasteiger partial charge in [-0.2, -0.15) is 0 Å². The SMILES string of the molecule is CCOCCCN1C(=O)/C(=C\c2ccc(OCC(=O)N3CCOCC3)c(OC)c2)NC1=S. The molecule has 0 unspecified atom stereocenters. The number of hydrogen-bond donors (Lipinski definition) is 1. The van der Waals surface area contributed by atoms with Crippen molar-refractivity contribution < 1.29 is 28.5 Å². The first-order chi connectivity index (χ1) is 15.5. The minimum atomic E-state index is -0.179. The van der Waals surface area contributed by atoms with Crippen LogP contribution < -0.4 is 14.8 Å². The second kappa shape index (κ2) is 11.8. The quantitative estimate of drug-likeness (QED) is 0.317. The number of rotatable bonds is 10. The van der Waals surface area contributed by atoms with Gasteiger partial charge in [-0.1, -0.05) is 6.07 Å². The van der Waals surface area contributed by atoms with Crippen molar-refractivity contribution in [1.29, 1.82) is 0 Å². The smallest absolute Gasteiger partial charge is 0.276 e. The van der Waals surface area contributed by atoms with E-state index >= 15 is 0 Å². The Hall–Kier alpha value is -2.69. The summed E-state index contributed by atoms with van der Waals surface area (Å²) in [6, 6.07) is 5.26. The molecule has 10 heteroatoms. The molecule has 0 aromatic heterocycles. The van der Waals surface area contributed by atoms with Gasteiger partial charge in [0.05, 0.1) is 20.3 Å². The van der Waals surface area contributed by atoms with E-state index in [9.17, 15) is 9.59 Å². The molecule has 0 aliphatic carbocycles. The largest absolute Gasteiger partial charge is 0.493 e. The van der Waals surface area contributed by atoms with Gasteiger partial charge in [-0.05, 0) is 49.3 Å². The number of methoxy groups -OCH3 is 1. The van der Waals surface area contributed by atoms with Crippen molar-refractivity contribution in [2.24, 2.45) is 0 Å². The maximum absolute atomic E-state index is 12.7. The van der Waals surface area contributed by atoms with Crippen molar-refractivity contribution in [3.05, 3.63) is 29.5 Å². The lowest BCUT2D eigenvalue weighted by Gasteiger charge is -2.26. The molecule has 2 aliphatic heterocycles. The normalized spacial score (nSPS) is 17.6. The summed E-state index contributed by atoms with van der Waals surface area (Å²) < 4.78 is 21.7. The summed E-state index contributed by atoms with van der Waals surface area (Å²) in [7, 11) is 1.52. The highest BCUT2D eigenvalue weighted by Crippen LogP contribution is 2.29. The van der Waals surface area contributed by atoms with Crippen LogP contribution in [0.5, 0.6) is 11.5 Å². The summed E-state index contributed by atoms with van der Waals surface area (Å²) in [6.45, 7) is 5.78. The summed E-state index contributed by atoms with van der Waals surface area (Å²) >= 11 is 5.29. The molecule has 32 heavy (non-hydrogen) atoms. The Kier molecular flexibility index (Phi) is 8.83. The zero-order valence-corrected chi connectivity index (χ0v) is 19.2. The number of hydrogen-bond acceptors (Lipinski definition) is 7. The van der Waals surface area contributed by atoms with Gasteiger partial charge in [0.2, 0.25) is 0 Å². The molecule has 9 nitrogen and oxygen atoms in total. The Morgan fingerprint density at radius 1 is 1.28 bits per heavy atom. The predicted molar refractivity (Wildman–Crippen MR) is 122 cm³/mol. The first-order valence-electron chi connectivity index (χ1n) is 10.6. The third-order valence-corrected chi connectivity index (χ3v) is 5.37. The van der Waals surface area contributed by atoms with E-state index in [2.05, 4.69) is 5.32 Å². The summed E-state index contributed by atoms with van der Waals surface area (Å²) in [5.74, 6) is 0.646. The van der Waals surface area contributed by atoms with Crippen LogP contribution in [0.25, 0.3) is 6.08 Å². The van der Waals surface area contributed by atoms with Gasteiger partial charge in [0.25, 0.3) is 11.8 Å². The van der Waals surface area contributed by atoms with Gasteiger partial charge >= 0.3 is 0 Å². The van der Waals surface area contributed by atoms with E-state index in [1.54, 1.807) is 29.2 Å². The van der Waals surface area contributed by atoms with E-state index in [-0.39, 0.29) is 18.4 Å². The van der Waals surface area contributed by atoms with Gasteiger partial charge in [0.15, 0.2) is 23.2 Å². The maximum Gasteiger partial charge on any atom is 0.276 e. The zero-order chi connectivity index (χ0) is 22.9. The molecule has 1 aromatic carbocycles. The molecule has 0 atom stereocenters. The molecule has 2 heterocycles. The van der Waals surface area contributed by atoms with Crippen LogP contribution in [0.4, 0.5) is 0 Å². The lowest BCUT2D eigenvalue weighted by molar-refractivity contribution is -0.137. The zero-order valence-electron chi connectivity index (χ0n) is 18.4. The summed E-state index contributed by atoms with van der Waals surface area (Å²) in [6.07, 6.45) is 2.42. The molecule has 0 spiro atoms. The highest BCUT2D eigenvalue weighted by Gasteiger charge is 2.30. The second-order valence-electron chi connectivity index (χ2n) is 7.19. The molecule has 1 aromatic rings. The predicted octanol–water partition coefficient (Wildman–Crippen LogP) is 1.42. The molecule has 174 valence electrons. The van der Waals surface area contributed by atoms with Gasteiger partial charge in [0, 0.05) is 32.8 Å². The van der Waals surface area contributed by atoms with Gasteiger partial charge in [-0.25, -0.2) is 0 Å². The molecule has 0 saturated carbocycles. The fourth-order valence-corrected chi connectivity index (χ4v) is 3.63. The van der Waals surface area contributed by atoms with Crippen LogP contribution in [0, 0.1) is 0 Å². The molecule has 0 bridgehead atoms. The fourth-order valence-electron chi connectivity index (χ4n) is 3.35. The number of nitrogens with zero attached hydrogens (tertiary/aromatic N) is 2. The van der Waals surface area contributed by atoms with Crippen LogP contribution in [0.15, 0.2) is 23.9 Å². The van der Waals surface area contributed by atoms with Crippen LogP contribution in [-0.2, 0) is 19.1 Å². The Labute approximate surface area is 193 Å². The van der Waals surface area contributed by atoms with E-state index in [0.717, 1.165) is 5.56 Å². The number of benzene rings is 1. The number of morpholine rings is 1. The van der Waals surface area contributed by atoms with Gasteiger partial charge in [-0.15, -0.1) is 0 Å². The van der Waals surface area contributed by atoms with E-state index in [4.69, 9.17) is 31.2 Å². The van der Waals surface area contributed by atoms with E-state index < -0.39 is 0 Å². The lowest BCUT2D eigenvalue weighted by Crippen LogP contribution is -2.43. The van der Waals surface area contributed by atoms with Crippen LogP contribution >= 0.6 is 12.2 Å². The molecule has 2 aliphatic rings. The monoisotopic (exact) mass is 463 g/mol. The minimum absolute atomic E-state index is 0.0815. The van der Waals surface area contributed by atoms with Crippen LogP contribution in [0.1, 0.15) is 18.9 Å². The van der Waals surface area contributed by atoms with E-state index in [1.807, 2.05) is 6.92 Å². The number of amides is 2. The molecule has 2 saturated heterocycles. The molecule has 3 rings (SSSR count). The Balaban J connectivity index is 1.62. The third kappa shape index (κ3) is 6.18. The average molecular weight is 464 g/mol. The highest BCUT2D eigenvalue weighted by molar-refractivity contribution is 7.80. The summed E-state index contributed by atoms with van der Waals surface area (Å²) in [5, 5.41) is 3.35. The Bertz CT molecular complexity index is 869. The summed E-state index contributed by atoms with van der Waals surface area (Å²) in [5.41, 5.74) is 1.13. The third-order valence-electron chi connectivity index (χ3n) is 5.05. The number of ether oxygens (including phenoxy) is 4. The number of carbonyl (C=O) groups excluding carboxylic acids is 2. The van der Waals surface area contributed by atoms with Crippen molar-refractivity contribution in [3.63, 3.8) is 0 Å². The Morgan fingerprint density at radius 3 is 2.78 bits per heavy atom. The summed E-state index contributed by atoms with van der Waals surface area (Å²) in [4.78, 5) is 28.2. The van der Waals surface area contributed by atoms with E-state index in [0.29, 0.717) is 74.8 Å². The average Bonchev–Trinajstić information content (AvgIpc) is 3.08. The molecular formula is C22H29N3O6S. The lowest BCUT2D eigenvalue weighted by atomic mass is 10.1. The van der Waals surface area contributed by atoms with Crippen molar-refractivity contribution in [1.82, 2.24) is 15.1 Å². The van der Waals surface area contributed by atoms with Crippen molar-refractivity contribution in [3.8, 4) is 11.5 Å². The fraction of sp³-hybridized carbons (Fsp3) is 0.500. The van der Waals surface area contributed by atoms with Crippen LogP contribution in [0.3, 0.4) is 0 Å². The minimum Gasteiger partial charge on any atom is -0.493 e. The van der Waals surface area contributed by atoms with Crippen molar-refractivity contribution >= 4 is 35.2 Å². The number of thiocarbonyl (C=S) groups is 1. The number of nitrogens with one attached hydrogen (secondary N) is 1.